The maximum atomic E-state index is 13.3. The molecule has 0 aliphatic carbocycles. The van der Waals surface area contributed by atoms with Crippen LogP contribution in [-0.4, -0.2) is 57.6 Å². The summed E-state index contributed by atoms with van der Waals surface area (Å²) >= 11 is 0. The van der Waals surface area contributed by atoms with Gasteiger partial charge >= 0.3 is 0 Å². The van der Waals surface area contributed by atoms with Gasteiger partial charge in [-0.25, -0.2) is 8.42 Å². The van der Waals surface area contributed by atoms with Gasteiger partial charge in [0.1, 0.15) is 11.8 Å². The maximum absolute atomic E-state index is 13.3. The van der Waals surface area contributed by atoms with Crippen molar-refractivity contribution in [1.82, 2.24) is 10.2 Å². The maximum Gasteiger partial charge on any atom is 0.242 e. The zero-order valence-electron chi connectivity index (χ0n) is 21.5. The molecule has 1 N–H and O–H groups in total. The van der Waals surface area contributed by atoms with Crippen molar-refractivity contribution in [3.8, 4) is 5.75 Å². The van der Waals surface area contributed by atoms with Gasteiger partial charge in [-0.2, -0.15) is 0 Å². The fraction of sp³-hybridized carbons (Fsp3) is 0.462. The molecule has 8 nitrogen and oxygen atoms in total. The zero-order chi connectivity index (χ0) is 26.2. The molecule has 1 unspecified atom stereocenters. The van der Waals surface area contributed by atoms with Crippen molar-refractivity contribution in [2.45, 2.75) is 53.1 Å². The zero-order valence-corrected chi connectivity index (χ0v) is 22.3. The summed E-state index contributed by atoms with van der Waals surface area (Å²) in [5.74, 6) is 0.203. The first-order valence-corrected chi connectivity index (χ1v) is 13.6. The fourth-order valence-electron chi connectivity index (χ4n) is 3.76. The van der Waals surface area contributed by atoms with Crippen molar-refractivity contribution in [2.75, 3.05) is 30.8 Å². The van der Waals surface area contributed by atoms with Crippen LogP contribution in [0.25, 0.3) is 0 Å². The highest BCUT2D eigenvalue weighted by Crippen LogP contribution is 2.22. The Labute approximate surface area is 209 Å². The molecular weight excluding hydrogens is 466 g/mol. The van der Waals surface area contributed by atoms with E-state index in [-0.39, 0.29) is 31.3 Å². The van der Waals surface area contributed by atoms with E-state index < -0.39 is 16.1 Å². The molecular formula is C26H37N3O5S. The highest BCUT2D eigenvalue weighted by molar-refractivity contribution is 7.92. The Balaban J connectivity index is 2.19. The molecule has 0 spiro atoms. The standard InChI is InChI=1S/C26H37N3O5S/c1-7-27-26(31)21(4)28(18-22-10-8-11-24(17-22)34-5)25(30)12-9-15-29(35(6,32)33)23-14-13-19(2)20(3)16-23/h8,10-11,13-14,16-17,21H,7,9,12,15,18H2,1-6H3,(H,27,31). The second-order valence-electron chi connectivity index (χ2n) is 8.65. The number of nitrogens with one attached hydrogen (secondary N) is 1. The van der Waals surface area contributed by atoms with Crippen molar-refractivity contribution in [2.24, 2.45) is 0 Å². The number of aryl methyl sites for hydroxylation is 2. The van der Waals surface area contributed by atoms with Gasteiger partial charge in [-0.1, -0.05) is 18.2 Å². The van der Waals surface area contributed by atoms with E-state index in [1.54, 1.807) is 20.1 Å². The topological polar surface area (TPSA) is 96.0 Å². The van der Waals surface area contributed by atoms with E-state index in [1.807, 2.05) is 57.2 Å². The molecule has 35 heavy (non-hydrogen) atoms. The van der Waals surface area contributed by atoms with Gasteiger partial charge in [-0.15, -0.1) is 0 Å². The highest BCUT2D eigenvalue weighted by atomic mass is 32.2. The van der Waals surface area contributed by atoms with Gasteiger partial charge < -0.3 is 15.0 Å². The number of hydrogen-bond acceptors (Lipinski definition) is 5. The average molecular weight is 504 g/mol. The Morgan fingerprint density at radius 3 is 2.40 bits per heavy atom. The van der Waals surface area contributed by atoms with Gasteiger partial charge in [0.2, 0.25) is 21.8 Å². The monoisotopic (exact) mass is 503 g/mol. The minimum Gasteiger partial charge on any atom is -0.497 e. The third-order valence-corrected chi connectivity index (χ3v) is 7.13. The van der Waals surface area contributed by atoms with Gasteiger partial charge in [-0.05, 0) is 75.1 Å². The largest absolute Gasteiger partial charge is 0.497 e. The molecule has 1 atom stereocenters. The van der Waals surface area contributed by atoms with Crippen LogP contribution in [0.3, 0.4) is 0 Å². The number of methoxy groups -OCH3 is 1. The molecule has 2 rings (SSSR count). The molecule has 0 radical (unpaired) electrons. The first-order chi connectivity index (χ1) is 16.5. The number of likely N-dealkylation sites (N-methyl/N-ethyl adjacent to an activating group) is 1. The molecule has 0 aromatic heterocycles. The lowest BCUT2D eigenvalue weighted by molar-refractivity contribution is -0.140. The van der Waals surface area contributed by atoms with E-state index >= 15 is 0 Å². The molecule has 9 heteroatoms. The van der Waals surface area contributed by atoms with Gasteiger partial charge in [0.25, 0.3) is 0 Å². The van der Waals surface area contributed by atoms with Gasteiger partial charge in [0.15, 0.2) is 0 Å². The number of ether oxygens (including phenoxy) is 1. The van der Waals surface area contributed by atoms with Gasteiger partial charge in [-0.3, -0.25) is 13.9 Å². The molecule has 2 aromatic carbocycles. The molecule has 2 amide bonds. The van der Waals surface area contributed by atoms with Crippen LogP contribution < -0.4 is 14.4 Å². The Morgan fingerprint density at radius 1 is 1.09 bits per heavy atom. The normalized spacial score (nSPS) is 12.1. The molecule has 192 valence electrons. The Morgan fingerprint density at radius 2 is 1.80 bits per heavy atom. The summed E-state index contributed by atoms with van der Waals surface area (Å²) in [7, 11) is -1.96. The summed E-state index contributed by atoms with van der Waals surface area (Å²) in [6.07, 6.45) is 1.58. The number of sulfonamides is 1. The molecule has 0 aliphatic heterocycles. The summed E-state index contributed by atoms with van der Waals surface area (Å²) in [4.78, 5) is 27.3. The van der Waals surface area contributed by atoms with Crippen molar-refractivity contribution in [1.29, 1.82) is 0 Å². The lowest BCUT2D eigenvalue weighted by Crippen LogP contribution is -2.47. The third kappa shape index (κ3) is 7.99. The van der Waals surface area contributed by atoms with E-state index in [2.05, 4.69) is 5.32 Å². The lowest BCUT2D eigenvalue weighted by Gasteiger charge is -2.29. The average Bonchev–Trinajstić information content (AvgIpc) is 2.81. The molecule has 0 saturated carbocycles. The molecule has 0 fully saturated rings. The van der Waals surface area contributed by atoms with Crippen LogP contribution in [0, 0.1) is 13.8 Å². The van der Waals surface area contributed by atoms with E-state index in [4.69, 9.17) is 4.74 Å². The minimum atomic E-state index is -3.53. The van der Waals surface area contributed by atoms with Crippen molar-refractivity contribution in [3.63, 3.8) is 0 Å². The third-order valence-electron chi connectivity index (χ3n) is 5.94. The van der Waals surface area contributed by atoms with Crippen LogP contribution in [0.15, 0.2) is 42.5 Å². The summed E-state index contributed by atoms with van der Waals surface area (Å²) in [6, 6.07) is 12.2. The number of nitrogens with zero attached hydrogens (tertiary/aromatic N) is 2. The highest BCUT2D eigenvalue weighted by Gasteiger charge is 2.26. The molecule has 2 aromatic rings. The van der Waals surface area contributed by atoms with Gasteiger partial charge in [0.05, 0.1) is 19.1 Å². The number of amides is 2. The van der Waals surface area contributed by atoms with Crippen molar-refractivity contribution < 1.29 is 22.7 Å². The van der Waals surface area contributed by atoms with Crippen molar-refractivity contribution in [3.05, 3.63) is 59.2 Å². The minimum absolute atomic E-state index is 0.102. The second kappa shape index (κ2) is 12.6. The van der Waals surface area contributed by atoms with E-state index in [1.165, 1.54) is 9.21 Å². The predicted molar refractivity (Wildman–Crippen MR) is 139 cm³/mol. The molecule has 0 heterocycles. The van der Waals surface area contributed by atoms with E-state index in [9.17, 15) is 18.0 Å². The van der Waals surface area contributed by atoms with Crippen LogP contribution in [0.4, 0.5) is 5.69 Å². The van der Waals surface area contributed by atoms with E-state index in [0.29, 0.717) is 24.4 Å². The second-order valence-corrected chi connectivity index (χ2v) is 10.6. The molecule has 0 bridgehead atoms. The van der Waals surface area contributed by atoms with Crippen LogP contribution in [0.2, 0.25) is 0 Å². The first-order valence-electron chi connectivity index (χ1n) is 11.7. The quantitative estimate of drug-likeness (QED) is 0.479. The van der Waals surface area contributed by atoms with Crippen LogP contribution in [0.5, 0.6) is 5.75 Å². The van der Waals surface area contributed by atoms with Crippen LogP contribution in [0.1, 0.15) is 43.4 Å². The first kappa shape index (κ1) is 28.2. The number of anilines is 1. The fourth-order valence-corrected chi connectivity index (χ4v) is 4.71. The Kier molecular flexibility index (Phi) is 10.1. The lowest BCUT2D eigenvalue weighted by atomic mass is 10.1. The SMILES string of the molecule is CCNC(=O)C(C)N(Cc1cccc(OC)c1)C(=O)CCCN(c1ccc(C)c(C)c1)S(C)(=O)=O. The summed E-state index contributed by atoms with van der Waals surface area (Å²) in [6.45, 7) is 8.28. The summed E-state index contributed by atoms with van der Waals surface area (Å²) in [5.41, 5.74) is 3.48. The number of benzene rings is 2. The molecule has 0 aliphatic rings. The summed E-state index contributed by atoms with van der Waals surface area (Å²) in [5, 5.41) is 2.77. The Bertz CT molecular complexity index is 1130. The Hall–Kier alpha value is -3.07. The van der Waals surface area contributed by atoms with Gasteiger partial charge in [0, 0.05) is 26.1 Å². The van der Waals surface area contributed by atoms with Crippen LogP contribution in [-0.2, 0) is 26.2 Å². The van der Waals surface area contributed by atoms with E-state index in [0.717, 1.165) is 22.9 Å². The van der Waals surface area contributed by atoms with Crippen LogP contribution >= 0.6 is 0 Å². The number of hydrogen-bond donors (Lipinski definition) is 1. The van der Waals surface area contributed by atoms with Crippen molar-refractivity contribution >= 4 is 27.5 Å². The number of carbonyl (C=O) groups is 2. The molecule has 0 saturated heterocycles. The number of carbonyl (C=O) groups excluding carboxylic acids is 2. The predicted octanol–water partition coefficient (Wildman–Crippen LogP) is 3.41. The number of rotatable bonds is 12. The smallest absolute Gasteiger partial charge is 0.242 e. The summed E-state index contributed by atoms with van der Waals surface area (Å²) < 4.78 is 31.6.